The molecule has 2 aromatic rings. The molecule has 1 aromatic heterocycles. The molecule has 0 aliphatic heterocycles. The number of aromatic nitrogens is 1. The molecule has 128 valence electrons. The summed E-state index contributed by atoms with van der Waals surface area (Å²) in [5.74, 6) is 0.961. The second-order valence-corrected chi connectivity index (χ2v) is 6.29. The van der Waals surface area contributed by atoms with Gasteiger partial charge < -0.3 is 14.8 Å². The second-order valence-electron chi connectivity index (χ2n) is 5.18. The molecule has 1 amide bonds. The number of hydrogen-bond acceptors (Lipinski definition) is 5. The van der Waals surface area contributed by atoms with Gasteiger partial charge in [0.2, 0.25) is 5.91 Å². The maximum absolute atomic E-state index is 11.8. The number of rotatable bonds is 9. The predicted octanol–water partition coefficient (Wildman–Crippen LogP) is 2.52. The first kappa shape index (κ1) is 18.1. The Labute approximate surface area is 144 Å². The van der Waals surface area contributed by atoms with Crippen LogP contribution in [0.4, 0.5) is 0 Å². The summed E-state index contributed by atoms with van der Waals surface area (Å²) in [5.41, 5.74) is 1.77. The molecule has 0 radical (unpaired) electrons. The van der Waals surface area contributed by atoms with Crippen LogP contribution in [0.5, 0.6) is 0 Å². The average Bonchev–Trinajstić information content (AvgIpc) is 2.94. The largest absolute Gasteiger partial charge is 0.481 e. The number of aryl methyl sites for hydroxylation is 2. The fourth-order valence-corrected chi connectivity index (χ4v) is 2.71. The number of hydrogen-bond donors (Lipinski definition) is 2. The number of carbonyl (C=O) groups excluding carboxylic acids is 1. The molecule has 0 aliphatic rings. The summed E-state index contributed by atoms with van der Waals surface area (Å²) in [6.07, 6.45) is 0.722. The Morgan fingerprint density at radius 1 is 1.29 bits per heavy atom. The van der Waals surface area contributed by atoms with Crippen LogP contribution in [0.25, 0.3) is 11.3 Å². The summed E-state index contributed by atoms with van der Waals surface area (Å²) in [6.45, 7) is 2.34. The highest BCUT2D eigenvalue weighted by molar-refractivity contribution is 7.99. The molecule has 24 heavy (non-hydrogen) atoms. The third-order valence-corrected chi connectivity index (χ3v) is 4.18. The number of amides is 1. The topological polar surface area (TPSA) is 92.4 Å². The van der Waals surface area contributed by atoms with Crippen molar-refractivity contribution in [1.29, 1.82) is 0 Å². The zero-order valence-corrected chi connectivity index (χ0v) is 14.3. The van der Waals surface area contributed by atoms with Crippen LogP contribution in [-0.2, 0) is 16.0 Å². The minimum atomic E-state index is -0.847. The van der Waals surface area contributed by atoms with Crippen LogP contribution in [0.15, 0.2) is 34.7 Å². The van der Waals surface area contributed by atoms with Gasteiger partial charge in [0.15, 0.2) is 11.7 Å². The summed E-state index contributed by atoms with van der Waals surface area (Å²) in [5, 5.41) is 11.3. The molecule has 0 atom stereocenters. The van der Waals surface area contributed by atoms with E-state index in [2.05, 4.69) is 10.3 Å². The molecule has 0 unspecified atom stereocenters. The first-order chi connectivity index (χ1) is 11.6. The van der Waals surface area contributed by atoms with Crippen LogP contribution in [0, 0.1) is 6.92 Å². The Morgan fingerprint density at radius 2 is 2.04 bits per heavy atom. The maximum atomic E-state index is 11.8. The van der Waals surface area contributed by atoms with Gasteiger partial charge in [-0.15, -0.1) is 11.8 Å². The first-order valence-electron chi connectivity index (χ1n) is 7.64. The van der Waals surface area contributed by atoms with Crippen molar-refractivity contribution in [3.63, 3.8) is 0 Å². The lowest BCUT2D eigenvalue weighted by Crippen LogP contribution is -2.26. The van der Waals surface area contributed by atoms with Crippen LogP contribution in [0.1, 0.15) is 18.0 Å². The van der Waals surface area contributed by atoms with Crippen LogP contribution >= 0.6 is 11.8 Å². The van der Waals surface area contributed by atoms with Gasteiger partial charge in [-0.1, -0.05) is 30.3 Å². The van der Waals surface area contributed by atoms with Gasteiger partial charge in [-0.05, 0) is 6.92 Å². The van der Waals surface area contributed by atoms with E-state index in [9.17, 15) is 9.59 Å². The number of nitrogens with zero attached hydrogens (tertiary/aromatic N) is 1. The lowest BCUT2D eigenvalue weighted by molar-refractivity contribution is -0.133. The average molecular weight is 348 g/mol. The summed E-state index contributed by atoms with van der Waals surface area (Å²) >= 11 is 1.28. The number of thioether (sulfide) groups is 1. The number of carboxylic acid groups (broad SMARTS) is 1. The number of nitrogens with one attached hydrogen (secondary N) is 1. The summed E-state index contributed by atoms with van der Waals surface area (Å²) in [6, 6.07) is 9.73. The molecular weight excluding hydrogens is 328 g/mol. The molecule has 0 fully saturated rings. The van der Waals surface area contributed by atoms with Crippen molar-refractivity contribution in [3.8, 4) is 11.3 Å². The Kier molecular flexibility index (Phi) is 6.87. The molecule has 7 heteroatoms. The van der Waals surface area contributed by atoms with Crippen LogP contribution in [-0.4, -0.2) is 40.0 Å². The van der Waals surface area contributed by atoms with E-state index in [0.29, 0.717) is 24.6 Å². The van der Waals surface area contributed by atoms with Gasteiger partial charge in [0.1, 0.15) is 0 Å². The monoisotopic (exact) mass is 348 g/mol. The van der Waals surface area contributed by atoms with E-state index in [1.54, 1.807) is 0 Å². The van der Waals surface area contributed by atoms with Gasteiger partial charge >= 0.3 is 5.97 Å². The molecule has 6 nitrogen and oxygen atoms in total. The van der Waals surface area contributed by atoms with Gasteiger partial charge in [0, 0.05) is 30.7 Å². The normalized spacial score (nSPS) is 10.5. The molecule has 1 heterocycles. The number of aliphatic carboxylic acids is 1. The summed E-state index contributed by atoms with van der Waals surface area (Å²) in [7, 11) is 0. The molecule has 0 saturated carbocycles. The third kappa shape index (κ3) is 5.73. The number of oxazole rings is 1. The Balaban J connectivity index is 1.76. The standard InChI is InChI=1S/C17H20N2O4S/c1-12-17(13-5-3-2-4-6-13)23-15(19-12)8-7-14(20)18-9-10-24-11-16(21)22/h2-6H,7-11H2,1H3,(H,18,20)(H,21,22). The van der Waals surface area contributed by atoms with E-state index < -0.39 is 5.97 Å². The van der Waals surface area contributed by atoms with Crippen molar-refractivity contribution in [1.82, 2.24) is 10.3 Å². The lowest BCUT2D eigenvalue weighted by Gasteiger charge is -2.03. The Bertz CT molecular complexity index is 685. The highest BCUT2D eigenvalue weighted by Crippen LogP contribution is 2.24. The summed E-state index contributed by atoms with van der Waals surface area (Å²) < 4.78 is 5.76. The quantitative estimate of drug-likeness (QED) is 0.677. The lowest BCUT2D eigenvalue weighted by atomic mass is 10.1. The van der Waals surface area contributed by atoms with Crippen LogP contribution < -0.4 is 5.32 Å². The molecule has 0 bridgehead atoms. The van der Waals surface area contributed by atoms with Gasteiger partial charge in [-0.2, -0.15) is 0 Å². The minimum absolute atomic E-state index is 0.0493. The maximum Gasteiger partial charge on any atom is 0.313 e. The number of carbonyl (C=O) groups is 2. The molecule has 2 N–H and O–H groups in total. The van der Waals surface area contributed by atoms with Gasteiger partial charge in [-0.3, -0.25) is 9.59 Å². The smallest absolute Gasteiger partial charge is 0.313 e. The molecule has 0 spiro atoms. The molecule has 0 saturated heterocycles. The van der Waals surface area contributed by atoms with Gasteiger partial charge in [-0.25, -0.2) is 4.98 Å². The minimum Gasteiger partial charge on any atom is -0.481 e. The fraction of sp³-hybridized carbons (Fsp3) is 0.353. The van der Waals surface area contributed by atoms with E-state index in [1.165, 1.54) is 11.8 Å². The van der Waals surface area contributed by atoms with E-state index in [1.807, 2.05) is 37.3 Å². The zero-order valence-electron chi connectivity index (χ0n) is 13.4. The van der Waals surface area contributed by atoms with E-state index in [4.69, 9.17) is 9.52 Å². The van der Waals surface area contributed by atoms with Crippen molar-refractivity contribution < 1.29 is 19.1 Å². The highest BCUT2D eigenvalue weighted by atomic mass is 32.2. The zero-order chi connectivity index (χ0) is 17.4. The van der Waals surface area contributed by atoms with Crippen molar-refractivity contribution in [2.45, 2.75) is 19.8 Å². The molecular formula is C17H20N2O4S. The van der Waals surface area contributed by atoms with Crippen molar-refractivity contribution in [3.05, 3.63) is 41.9 Å². The Morgan fingerprint density at radius 3 is 2.75 bits per heavy atom. The van der Waals surface area contributed by atoms with Gasteiger partial charge in [0.05, 0.1) is 11.4 Å². The molecule has 1 aromatic carbocycles. The van der Waals surface area contributed by atoms with E-state index >= 15 is 0 Å². The Hall–Kier alpha value is -2.28. The van der Waals surface area contributed by atoms with Crippen molar-refractivity contribution in [2.75, 3.05) is 18.1 Å². The van der Waals surface area contributed by atoms with Crippen molar-refractivity contribution in [2.24, 2.45) is 0 Å². The third-order valence-electron chi connectivity index (χ3n) is 3.24. The first-order valence-corrected chi connectivity index (χ1v) is 8.79. The second kappa shape index (κ2) is 9.12. The van der Waals surface area contributed by atoms with Gasteiger partial charge in [0.25, 0.3) is 0 Å². The van der Waals surface area contributed by atoms with Crippen molar-refractivity contribution >= 4 is 23.6 Å². The fourth-order valence-electron chi connectivity index (χ4n) is 2.15. The predicted molar refractivity (Wildman–Crippen MR) is 93.0 cm³/mol. The van der Waals surface area contributed by atoms with Crippen LogP contribution in [0.3, 0.4) is 0 Å². The van der Waals surface area contributed by atoms with E-state index in [-0.39, 0.29) is 18.1 Å². The summed E-state index contributed by atoms with van der Waals surface area (Å²) in [4.78, 5) is 26.5. The number of benzene rings is 1. The number of carboxylic acids is 1. The SMILES string of the molecule is Cc1nc(CCC(=O)NCCSCC(=O)O)oc1-c1ccccc1. The molecule has 0 aliphatic carbocycles. The highest BCUT2D eigenvalue weighted by Gasteiger charge is 2.12. The van der Waals surface area contributed by atoms with E-state index in [0.717, 1.165) is 17.0 Å². The van der Waals surface area contributed by atoms with Crippen LogP contribution in [0.2, 0.25) is 0 Å². The molecule has 2 rings (SSSR count).